The van der Waals surface area contributed by atoms with E-state index >= 15 is 0 Å². The molecule has 1 nitrogen and oxygen atoms in total. The van der Waals surface area contributed by atoms with E-state index in [0.717, 1.165) is 6.54 Å². The Kier molecular flexibility index (Phi) is 3.71. The predicted octanol–water partition coefficient (Wildman–Crippen LogP) is 3.26. The van der Waals surface area contributed by atoms with Crippen LogP contribution in [0.2, 0.25) is 0 Å². The molecule has 0 bridgehead atoms. The van der Waals surface area contributed by atoms with Gasteiger partial charge < -0.3 is 5.32 Å². The summed E-state index contributed by atoms with van der Waals surface area (Å²) >= 11 is 2.00. The van der Waals surface area contributed by atoms with Gasteiger partial charge in [-0.05, 0) is 31.5 Å². The molecular weight excluding hydrogens is 202 g/mol. The number of benzene rings is 1. The Labute approximate surface area is 96.7 Å². The van der Waals surface area contributed by atoms with Crippen molar-refractivity contribution in [1.82, 2.24) is 5.32 Å². The smallest absolute Gasteiger partial charge is 0.0116 e. The summed E-state index contributed by atoms with van der Waals surface area (Å²) in [4.78, 5) is 1.48. The maximum absolute atomic E-state index is 3.60. The molecule has 1 N–H and O–H groups in total. The van der Waals surface area contributed by atoms with E-state index in [1.54, 1.807) is 5.56 Å². The van der Waals surface area contributed by atoms with E-state index in [9.17, 15) is 0 Å². The lowest BCUT2D eigenvalue weighted by atomic mass is 9.94. The van der Waals surface area contributed by atoms with E-state index in [4.69, 9.17) is 0 Å². The quantitative estimate of drug-likeness (QED) is 0.837. The van der Waals surface area contributed by atoms with Crippen LogP contribution in [0.25, 0.3) is 0 Å². The zero-order chi connectivity index (χ0) is 10.7. The van der Waals surface area contributed by atoms with Gasteiger partial charge in [0.15, 0.2) is 0 Å². The minimum atomic E-state index is 0.598. The van der Waals surface area contributed by atoms with Gasteiger partial charge in [0.2, 0.25) is 0 Å². The first-order valence-electron chi connectivity index (χ1n) is 5.78. The van der Waals surface area contributed by atoms with Gasteiger partial charge in [0, 0.05) is 22.6 Å². The second kappa shape index (κ2) is 5.04. The first-order chi connectivity index (χ1) is 7.33. The molecule has 0 saturated carbocycles. The van der Waals surface area contributed by atoms with Crippen LogP contribution >= 0.6 is 11.8 Å². The zero-order valence-electron chi connectivity index (χ0n) is 9.49. The van der Waals surface area contributed by atoms with Crippen molar-refractivity contribution < 1.29 is 0 Å². The summed E-state index contributed by atoms with van der Waals surface area (Å²) in [7, 11) is 0. The highest BCUT2D eigenvalue weighted by Gasteiger charge is 2.26. The van der Waals surface area contributed by atoms with Gasteiger partial charge in [-0.15, -0.1) is 11.8 Å². The third kappa shape index (κ3) is 2.37. The summed E-state index contributed by atoms with van der Waals surface area (Å²) in [5.41, 5.74) is 1.54. The second-order valence-electron chi connectivity index (χ2n) is 4.20. The molecule has 0 aliphatic carbocycles. The number of rotatable bonds is 4. The molecule has 1 heterocycles. The Morgan fingerprint density at radius 3 is 3.07 bits per heavy atom. The van der Waals surface area contributed by atoms with E-state index in [-0.39, 0.29) is 0 Å². The number of nitrogens with one attached hydrogen (secondary N) is 1. The van der Waals surface area contributed by atoms with E-state index < -0.39 is 0 Å². The van der Waals surface area contributed by atoms with Gasteiger partial charge in [0.25, 0.3) is 0 Å². The molecule has 0 fully saturated rings. The van der Waals surface area contributed by atoms with E-state index in [1.807, 2.05) is 11.8 Å². The van der Waals surface area contributed by atoms with Crippen LogP contribution in [0.1, 0.15) is 31.7 Å². The molecule has 1 aromatic carbocycles. The van der Waals surface area contributed by atoms with Crippen molar-refractivity contribution in [3.8, 4) is 0 Å². The lowest BCUT2D eigenvalue weighted by Crippen LogP contribution is -2.32. The summed E-state index contributed by atoms with van der Waals surface area (Å²) in [6.07, 6.45) is 1.21. The summed E-state index contributed by atoms with van der Waals surface area (Å²) in [6.45, 7) is 5.66. The van der Waals surface area contributed by atoms with Gasteiger partial charge in [0.1, 0.15) is 0 Å². The van der Waals surface area contributed by atoms with Crippen molar-refractivity contribution in [1.29, 1.82) is 0 Å². The second-order valence-corrected chi connectivity index (χ2v) is 5.26. The molecule has 2 unspecified atom stereocenters. The van der Waals surface area contributed by atoms with E-state index in [0.29, 0.717) is 12.0 Å². The van der Waals surface area contributed by atoms with Gasteiger partial charge in [-0.3, -0.25) is 0 Å². The molecule has 0 aromatic heterocycles. The predicted molar refractivity (Wildman–Crippen MR) is 67.7 cm³/mol. The van der Waals surface area contributed by atoms with E-state index in [1.165, 1.54) is 17.1 Å². The SMILES string of the molecule is CCCNC(C)C1CSc2ccccc21. The molecule has 2 atom stereocenters. The fourth-order valence-electron chi connectivity index (χ4n) is 2.12. The Morgan fingerprint density at radius 1 is 1.47 bits per heavy atom. The minimum Gasteiger partial charge on any atom is -0.314 e. The highest BCUT2D eigenvalue weighted by Crippen LogP contribution is 2.40. The monoisotopic (exact) mass is 221 g/mol. The summed E-state index contributed by atoms with van der Waals surface area (Å²) < 4.78 is 0. The maximum Gasteiger partial charge on any atom is 0.0116 e. The first kappa shape index (κ1) is 11.0. The molecule has 0 amide bonds. The standard InChI is InChI=1S/C13H19NS/c1-3-8-14-10(2)12-9-15-13-7-5-4-6-11(12)13/h4-7,10,12,14H,3,8-9H2,1-2H3. The molecule has 82 valence electrons. The molecule has 2 heteroatoms. The van der Waals surface area contributed by atoms with Crippen LogP contribution in [0.5, 0.6) is 0 Å². The lowest BCUT2D eigenvalue weighted by molar-refractivity contribution is 0.486. The number of hydrogen-bond acceptors (Lipinski definition) is 2. The zero-order valence-corrected chi connectivity index (χ0v) is 10.3. The van der Waals surface area contributed by atoms with Gasteiger partial charge >= 0.3 is 0 Å². The van der Waals surface area contributed by atoms with Crippen molar-refractivity contribution in [2.24, 2.45) is 0 Å². The Morgan fingerprint density at radius 2 is 2.27 bits per heavy atom. The number of thioether (sulfide) groups is 1. The third-order valence-electron chi connectivity index (χ3n) is 3.06. The molecule has 0 saturated heterocycles. The normalized spacial score (nSPS) is 21.3. The van der Waals surface area contributed by atoms with Crippen molar-refractivity contribution in [3.63, 3.8) is 0 Å². The highest BCUT2D eigenvalue weighted by molar-refractivity contribution is 7.99. The first-order valence-corrected chi connectivity index (χ1v) is 6.76. The van der Waals surface area contributed by atoms with Gasteiger partial charge in [-0.25, -0.2) is 0 Å². The van der Waals surface area contributed by atoms with Crippen molar-refractivity contribution in [2.45, 2.75) is 37.1 Å². The summed E-state index contributed by atoms with van der Waals surface area (Å²) in [5.74, 6) is 1.93. The van der Waals surface area contributed by atoms with Crippen molar-refractivity contribution in [2.75, 3.05) is 12.3 Å². The third-order valence-corrected chi connectivity index (χ3v) is 4.27. The molecule has 0 radical (unpaired) electrons. The Bertz CT molecular complexity index is 324. The van der Waals surface area contributed by atoms with Crippen LogP contribution in [-0.4, -0.2) is 18.3 Å². The number of fused-ring (bicyclic) bond motifs is 1. The molecular formula is C13H19NS. The van der Waals surface area contributed by atoms with Crippen LogP contribution in [0.4, 0.5) is 0 Å². The molecule has 2 rings (SSSR count). The van der Waals surface area contributed by atoms with Gasteiger partial charge in [-0.2, -0.15) is 0 Å². The molecule has 0 spiro atoms. The largest absolute Gasteiger partial charge is 0.314 e. The highest BCUT2D eigenvalue weighted by atomic mass is 32.2. The van der Waals surface area contributed by atoms with Crippen LogP contribution in [-0.2, 0) is 0 Å². The Balaban J connectivity index is 2.06. The lowest BCUT2D eigenvalue weighted by Gasteiger charge is -2.20. The molecule has 1 aliphatic rings. The topological polar surface area (TPSA) is 12.0 Å². The fraction of sp³-hybridized carbons (Fsp3) is 0.538. The van der Waals surface area contributed by atoms with E-state index in [2.05, 4.69) is 43.4 Å². The minimum absolute atomic E-state index is 0.598. The molecule has 1 aromatic rings. The van der Waals surface area contributed by atoms with Crippen LogP contribution in [0.15, 0.2) is 29.2 Å². The van der Waals surface area contributed by atoms with Crippen LogP contribution in [0, 0.1) is 0 Å². The fourth-order valence-corrected chi connectivity index (χ4v) is 3.50. The molecule has 15 heavy (non-hydrogen) atoms. The van der Waals surface area contributed by atoms with Gasteiger partial charge in [0.05, 0.1) is 0 Å². The van der Waals surface area contributed by atoms with Crippen molar-refractivity contribution >= 4 is 11.8 Å². The Hall–Kier alpha value is -0.470. The van der Waals surface area contributed by atoms with Crippen LogP contribution < -0.4 is 5.32 Å². The molecule has 1 aliphatic heterocycles. The average molecular weight is 221 g/mol. The average Bonchev–Trinajstić information content (AvgIpc) is 2.69. The van der Waals surface area contributed by atoms with Crippen LogP contribution in [0.3, 0.4) is 0 Å². The number of hydrogen-bond donors (Lipinski definition) is 1. The maximum atomic E-state index is 3.60. The van der Waals surface area contributed by atoms with Gasteiger partial charge in [-0.1, -0.05) is 25.1 Å². The summed E-state index contributed by atoms with van der Waals surface area (Å²) in [6, 6.07) is 9.42. The van der Waals surface area contributed by atoms with Crippen molar-refractivity contribution in [3.05, 3.63) is 29.8 Å². The summed E-state index contributed by atoms with van der Waals surface area (Å²) in [5, 5.41) is 3.60.